The number of carbonyl (C=O) groups is 3. The van der Waals surface area contributed by atoms with Crippen LogP contribution in [0.1, 0.15) is 64.8 Å². The Kier molecular flexibility index (Phi) is 6.68. The topological polar surface area (TPSA) is 150 Å². The molecule has 1 fully saturated rings. The fourth-order valence-corrected chi connectivity index (χ4v) is 4.85. The molecule has 5 N–H and O–H groups in total. The number of nitrogens with two attached hydrogens (primary N) is 2. The number of nitrogens with zero attached hydrogens (tertiary/aromatic N) is 2. The van der Waals surface area contributed by atoms with Crippen molar-refractivity contribution in [1.29, 1.82) is 0 Å². The zero-order valence-corrected chi connectivity index (χ0v) is 19.2. The lowest BCUT2D eigenvalue weighted by Gasteiger charge is -2.31. The van der Waals surface area contributed by atoms with Gasteiger partial charge in [-0.3, -0.25) is 14.4 Å². The Bertz CT molecular complexity index is 1070. The number of nitrogen functional groups attached to an aromatic ring is 1. The van der Waals surface area contributed by atoms with Gasteiger partial charge in [-0.05, 0) is 49.0 Å². The van der Waals surface area contributed by atoms with Crippen molar-refractivity contribution in [2.75, 3.05) is 12.5 Å². The van der Waals surface area contributed by atoms with Crippen molar-refractivity contribution in [3.8, 4) is 11.5 Å². The standard InChI is InChI=1S/C22H27N5O5S/c1-12(21(29)25-14-5-3-2-4-6-14)27(10-13-7-8-15-16(9-13)32-11-31-15)22(30)19-17(23)18(20(24)28)26-33-19/h7-9,12,14H,2-6,10-11,23H2,1H3,(H2,24,28)(H,25,29). The molecular formula is C22H27N5O5S. The minimum absolute atomic E-state index is 0.0712. The number of amides is 3. The Balaban J connectivity index is 1.60. The molecule has 1 aliphatic heterocycles. The van der Waals surface area contributed by atoms with E-state index in [1.807, 2.05) is 6.07 Å². The van der Waals surface area contributed by atoms with Crippen LogP contribution in [0, 0.1) is 0 Å². The number of carbonyl (C=O) groups excluding carboxylic acids is 3. The van der Waals surface area contributed by atoms with Crippen molar-refractivity contribution in [3.05, 3.63) is 34.3 Å². The minimum Gasteiger partial charge on any atom is -0.454 e. The number of fused-ring (bicyclic) bond motifs is 1. The van der Waals surface area contributed by atoms with E-state index in [4.69, 9.17) is 20.9 Å². The molecule has 1 atom stereocenters. The molecule has 33 heavy (non-hydrogen) atoms. The maximum atomic E-state index is 13.5. The van der Waals surface area contributed by atoms with Crippen LogP contribution >= 0.6 is 11.5 Å². The molecule has 1 aromatic carbocycles. The van der Waals surface area contributed by atoms with Crippen LogP contribution in [0.2, 0.25) is 0 Å². The summed E-state index contributed by atoms with van der Waals surface area (Å²) in [6.07, 6.45) is 5.18. The van der Waals surface area contributed by atoms with Crippen molar-refractivity contribution in [2.45, 2.75) is 57.7 Å². The molecule has 1 unspecified atom stereocenters. The second kappa shape index (κ2) is 9.65. The number of anilines is 1. The molecule has 4 rings (SSSR count). The Morgan fingerprint density at radius 3 is 2.64 bits per heavy atom. The molecule has 11 heteroatoms. The van der Waals surface area contributed by atoms with E-state index in [9.17, 15) is 14.4 Å². The summed E-state index contributed by atoms with van der Waals surface area (Å²) in [6.45, 7) is 1.93. The molecule has 0 saturated heterocycles. The second-order valence-corrected chi connectivity index (χ2v) is 9.05. The molecule has 2 heterocycles. The summed E-state index contributed by atoms with van der Waals surface area (Å²) in [4.78, 5) is 39.7. The highest BCUT2D eigenvalue weighted by atomic mass is 32.1. The molecule has 2 aromatic rings. The van der Waals surface area contributed by atoms with Crippen LogP contribution in [-0.4, -0.2) is 45.9 Å². The highest BCUT2D eigenvalue weighted by Gasteiger charge is 2.32. The predicted molar refractivity (Wildman–Crippen MR) is 122 cm³/mol. The summed E-state index contributed by atoms with van der Waals surface area (Å²) in [7, 11) is 0. The molecule has 2 aliphatic rings. The SMILES string of the molecule is CC(C(=O)NC1CCCCC1)N(Cc1ccc2c(c1)OCO2)C(=O)c1snc(C(N)=O)c1N. The normalized spacial score (nSPS) is 16.3. The molecule has 10 nitrogen and oxygen atoms in total. The number of aromatic nitrogens is 1. The summed E-state index contributed by atoms with van der Waals surface area (Å²) in [5.41, 5.74) is 11.8. The molecule has 1 aliphatic carbocycles. The van der Waals surface area contributed by atoms with Crippen molar-refractivity contribution < 1.29 is 23.9 Å². The van der Waals surface area contributed by atoms with Gasteiger partial charge in [-0.1, -0.05) is 25.3 Å². The lowest BCUT2D eigenvalue weighted by atomic mass is 9.95. The maximum Gasteiger partial charge on any atom is 0.270 e. The Morgan fingerprint density at radius 1 is 1.21 bits per heavy atom. The van der Waals surface area contributed by atoms with Crippen LogP contribution in [0.5, 0.6) is 11.5 Å². The van der Waals surface area contributed by atoms with Gasteiger partial charge in [-0.2, -0.15) is 4.37 Å². The Labute approximate surface area is 195 Å². The molecular weight excluding hydrogens is 446 g/mol. The molecule has 0 radical (unpaired) electrons. The number of nitrogens with one attached hydrogen (secondary N) is 1. The predicted octanol–water partition coefficient (Wildman–Crippen LogP) is 2.03. The first-order chi connectivity index (χ1) is 15.8. The lowest BCUT2D eigenvalue weighted by molar-refractivity contribution is -0.126. The van der Waals surface area contributed by atoms with Crippen molar-refractivity contribution in [3.63, 3.8) is 0 Å². The zero-order chi connectivity index (χ0) is 23.5. The van der Waals surface area contributed by atoms with E-state index in [-0.39, 0.29) is 41.5 Å². The third-order valence-corrected chi connectivity index (χ3v) is 6.86. The molecule has 0 spiro atoms. The summed E-state index contributed by atoms with van der Waals surface area (Å²) in [6, 6.07) is 4.66. The van der Waals surface area contributed by atoms with E-state index in [2.05, 4.69) is 9.69 Å². The quantitative estimate of drug-likeness (QED) is 0.557. The second-order valence-electron chi connectivity index (χ2n) is 8.28. The third-order valence-electron chi connectivity index (χ3n) is 6.00. The van der Waals surface area contributed by atoms with E-state index in [0.29, 0.717) is 11.5 Å². The Morgan fingerprint density at radius 2 is 1.94 bits per heavy atom. The van der Waals surface area contributed by atoms with Gasteiger partial charge in [-0.25, -0.2) is 0 Å². The van der Waals surface area contributed by atoms with Crippen molar-refractivity contribution in [2.24, 2.45) is 5.73 Å². The monoisotopic (exact) mass is 473 g/mol. The summed E-state index contributed by atoms with van der Waals surface area (Å²) in [5, 5.41) is 3.08. The van der Waals surface area contributed by atoms with Gasteiger partial charge in [-0.15, -0.1) is 0 Å². The largest absolute Gasteiger partial charge is 0.454 e. The van der Waals surface area contributed by atoms with Gasteiger partial charge in [0.05, 0.1) is 5.69 Å². The number of primary amides is 1. The number of benzene rings is 1. The molecule has 1 saturated carbocycles. The molecule has 0 bridgehead atoms. The van der Waals surface area contributed by atoms with Crippen LogP contribution in [0.15, 0.2) is 18.2 Å². The number of ether oxygens (including phenoxy) is 2. The van der Waals surface area contributed by atoms with Crippen LogP contribution in [0.4, 0.5) is 5.69 Å². The van der Waals surface area contributed by atoms with E-state index >= 15 is 0 Å². The maximum absolute atomic E-state index is 13.5. The Hall–Kier alpha value is -3.34. The fourth-order valence-electron chi connectivity index (χ4n) is 4.09. The molecule has 176 valence electrons. The number of hydrogen-bond donors (Lipinski definition) is 3. The van der Waals surface area contributed by atoms with Crippen LogP contribution in [0.3, 0.4) is 0 Å². The highest BCUT2D eigenvalue weighted by molar-refractivity contribution is 7.09. The number of hydrogen-bond acceptors (Lipinski definition) is 8. The van der Waals surface area contributed by atoms with E-state index in [1.165, 1.54) is 11.3 Å². The van der Waals surface area contributed by atoms with Gasteiger partial charge in [0.25, 0.3) is 11.8 Å². The fraction of sp³-hybridized carbons (Fsp3) is 0.455. The first-order valence-corrected chi connectivity index (χ1v) is 11.7. The first kappa shape index (κ1) is 22.8. The van der Waals surface area contributed by atoms with Gasteiger partial charge in [0.2, 0.25) is 12.7 Å². The van der Waals surface area contributed by atoms with Crippen LogP contribution in [-0.2, 0) is 11.3 Å². The lowest BCUT2D eigenvalue weighted by Crippen LogP contribution is -2.50. The molecule has 3 amide bonds. The summed E-state index contributed by atoms with van der Waals surface area (Å²) >= 11 is 0.793. The van der Waals surface area contributed by atoms with Gasteiger partial charge in [0, 0.05) is 12.6 Å². The van der Waals surface area contributed by atoms with Gasteiger partial charge in [0.1, 0.15) is 10.9 Å². The van der Waals surface area contributed by atoms with Crippen LogP contribution in [0.25, 0.3) is 0 Å². The van der Waals surface area contributed by atoms with Gasteiger partial charge >= 0.3 is 0 Å². The van der Waals surface area contributed by atoms with E-state index < -0.39 is 17.9 Å². The average Bonchev–Trinajstić information content (AvgIpc) is 3.43. The van der Waals surface area contributed by atoms with Gasteiger partial charge < -0.3 is 31.2 Å². The highest BCUT2D eigenvalue weighted by Crippen LogP contribution is 2.33. The van der Waals surface area contributed by atoms with Crippen LogP contribution < -0.4 is 26.3 Å². The number of rotatable bonds is 7. The smallest absolute Gasteiger partial charge is 0.270 e. The summed E-state index contributed by atoms with van der Waals surface area (Å²) in [5.74, 6) is -0.353. The van der Waals surface area contributed by atoms with Crippen molar-refractivity contribution in [1.82, 2.24) is 14.6 Å². The summed E-state index contributed by atoms with van der Waals surface area (Å²) < 4.78 is 14.7. The molecule has 1 aromatic heterocycles. The van der Waals surface area contributed by atoms with Gasteiger partial charge in [0.15, 0.2) is 17.2 Å². The first-order valence-electron chi connectivity index (χ1n) is 10.9. The third kappa shape index (κ3) is 4.87. The average molecular weight is 474 g/mol. The van der Waals surface area contributed by atoms with E-state index in [0.717, 1.165) is 42.8 Å². The van der Waals surface area contributed by atoms with E-state index in [1.54, 1.807) is 19.1 Å². The minimum atomic E-state index is -0.812. The van der Waals surface area contributed by atoms with Crippen molar-refractivity contribution >= 4 is 34.9 Å². The zero-order valence-electron chi connectivity index (χ0n) is 18.3.